The minimum atomic E-state index is 0.355. The van der Waals surface area contributed by atoms with Crippen LogP contribution in [-0.2, 0) is 6.42 Å². The zero-order chi connectivity index (χ0) is 11.5. The molecule has 0 atom stereocenters. The number of nitrogen functional groups attached to an aromatic ring is 1. The third-order valence-corrected chi connectivity index (χ3v) is 3.40. The van der Waals surface area contributed by atoms with Crippen LogP contribution in [0.4, 0.5) is 11.9 Å². The van der Waals surface area contributed by atoms with E-state index in [0.717, 1.165) is 13.0 Å². The van der Waals surface area contributed by atoms with Crippen molar-refractivity contribution in [1.82, 2.24) is 15.2 Å². The van der Waals surface area contributed by atoms with Crippen molar-refractivity contribution in [2.24, 2.45) is 0 Å². The average molecular weight is 237 g/mol. The molecule has 0 radical (unpaired) electrons. The molecule has 0 fully saturated rings. The highest BCUT2D eigenvalue weighted by atomic mass is 32.1. The Hall–Kier alpha value is -1.56. The molecule has 0 aromatic carbocycles. The van der Waals surface area contributed by atoms with Crippen LogP contribution in [0.1, 0.15) is 10.4 Å². The number of nitrogens with two attached hydrogens (primary N) is 1. The quantitative estimate of drug-likeness (QED) is 0.844. The number of H-pyrrole nitrogens is 1. The van der Waals surface area contributed by atoms with Crippen LogP contribution in [0.25, 0.3) is 0 Å². The third-order valence-electron chi connectivity index (χ3n) is 2.52. The number of nitrogens with one attached hydrogen (secondary N) is 1. The van der Waals surface area contributed by atoms with Crippen LogP contribution in [0.5, 0.6) is 0 Å². The number of hydrogen-bond donors (Lipinski definition) is 2. The predicted octanol–water partition coefficient (Wildman–Crippen LogP) is 1.44. The zero-order valence-electron chi connectivity index (χ0n) is 9.40. The van der Waals surface area contributed by atoms with E-state index in [2.05, 4.69) is 33.6 Å². The Morgan fingerprint density at radius 2 is 2.38 bits per heavy atom. The zero-order valence-corrected chi connectivity index (χ0v) is 10.2. The second kappa shape index (κ2) is 4.52. The predicted molar refractivity (Wildman–Crippen MR) is 66.8 cm³/mol. The summed E-state index contributed by atoms with van der Waals surface area (Å²) in [6.45, 7) is 3.03. The Balaban J connectivity index is 1.93. The molecular formula is C10H15N5S. The molecule has 3 N–H and O–H groups in total. The van der Waals surface area contributed by atoms with E-state index in [1.807, 2.05) is 11.9 Å². The van der Waals surface area contributed by atoms with Gasteiger partial charge in [0.1, 0.15) is 0 Å². The lowest BCUT2D eigenvalue weighted by Crippen LogP contribution is -2.21. The van der Waals surface area contributed by atoms with Gasteiger partial charge in [0.2, 0.25) is 11.9 Å². The summed E-state index contributed by atoms with van der Waals surface area (Å²) in [7, 11) is 1.96. The molecule has 2 rings (SSSR count). The number of thiophene rings is 1. The molecule has 2 aromatic rings. The molecular weight excluding hydrogens is 222 g/mol. The molecule has 16 heavy (non-hydrogen) atoms. The smallest absolute Gasteiger partial charge is 0.246 e. The summed E-state index contributed by atoms with van der Waals surface area (Å²) < 4.78 is 0. The fourth-order valence-corrected chi connectivity index (χ4v) is 2.25. The summed E-state index contributed by atoms with van der Waals surface area (Å²) in [5.74, 6) is 0.999. The summed E-state index contributed by atoms with van der Waals surface area (Å²) in [5, 5.41) is 8.76. The monoisotopic (exact) mass is 237 g/mol. The SMILES string of the molecule is Cc1sccc1CCN(C)c1n[nH]c(N)n1. The van der Waals surface area contributed by atoms with Gasteiger partial charge in [0.05, 0.1) is 0 Å². The van der Waals surface area contributed by atoms with Crippen LogP contribution in [0.15, 0.2) is 11.4 Å². The summed E-state index contributed by atoms with van der Waals surface area (Å²) in [5.41, 5.74) is 6.87. The number of nitrogens with zero attached hydrogens (tertiary/aromatic N) is 3. The van der Waals surface area contributed by atoms with Gasteiger partial charge in [0.15, 0.2) is 0 Å². The van der Waals surface area contributed by atoms with Gasteiger partial charge in [-0.2, -0.15) is 4.98 Å². The van der Waals surface area contributed by atoms with Gasteiger partial charge in [-0.1, -0.05) is 0 Å². The number of aromatic nitrogens is 3. The summed E-state index contributed by atoms with van der Waals surface area (Å²) in [6, 6.07) is 2.17. The first-order valence-corrected chi connectivity index (χ1v) is 5.97. The maximum absolute atomic E-state index is 5.48. The van der Waals surface area contributed by atoms with Crippen molar-refractivity contribution in [2.45, 2.75) is 13.3 Å². The minimum absolute atomic E-state index is 0.355. The second-order valence-electron chi connectivity index (χ2n) is 3.69. The first-order chi connectivity index (χ1) is 7.66. The van der Waals surface area contributed by atoms with Crippen LogP contribution < -0.4 is 10.6 Å². The molecule has 0 bridgehead atoms. The molecule has 2 aromatic heterocycles. The highest BCUT2D eigenvalue weighted by molar-refractivity contribution is 7.10. The highest BCUT2D eigenvalue weighted by Gasteiger charge is 2.07. The van der Waals surface area contributed by atoms with Gasteiger partial charge in [0.25, 0.3) is 0 Å². The molecule has 0 amide bonds. The van der Waals surface area contributed by atoms with E-state index < -0.39 is 0 Å². The number of aromatic amines is 1. The maximum atomic E-state index is 5.48. The first-order valence-electron chi connectivity index (χ1n) is 5.09. The Labute approximate surface area is 98.3 Å². The van der Waals surface area contributed by atoms with Crippen LogP contribution in [0.3, 0.4) is 0 Å². The molecule has 0 aliphatic carbocycles. The Bertz CT molecular complexity index is 461. The molecule has 0 unspecified atom stereocenters. The fraction of sp³-hybridized carbons (Fsp3) is 0.400. The topological polar surface area (TPSA) is 70.8 Å². The van der Waals surface area contributed by atoms with Gasteiger partial charge >= 0.3 is 0 Å². The van der Waals surface area contributed by atoms with E-state index in [4.69, 9.17) is 5.73 Å². The standard InChI is InChI=1S/C10H15N5S/c1-7-8(4-6-16-7)3-5-15(2)10-12-9(11)13-14-10/h4,6H,3,5H2,1-2H3,(H3,11,12,13,14). The highest BCUT2D eigenvalue weighted by Crippen LogP contribution is 2.16. The van der Waals surface area contributed by atoms with E-state index in [9.17, 15) is 0 Å². The van der Waals surface area contributed by atoms with Gasteiger partial charge in [-0.3, -0.25) is 0 Å². The number of hydrogen-bond acceptors (Lipinski definition) is 5. The molecule has 5 nitrogen and oxygen atoms in total. The first kappa shape index (κ1) is 10.9. The molecule has 86 valence electrons. The number of likely N-dealkylation sites (N-methyl/N-ethyl adjacent to an activating group) is 1. The largest absolute Gasteiger partial charge is 0.368 e. The molecule has 0 saturated heterocycles. The van der Waals surface area contributed by atoms with Gasteiger partial charge in [-0.15, -0.1) is 16.4 Å². The lowest BCUT2D eigenvalue weighted by atomic mass is 10.2. The molecule has 0 spiro atoms. The van der Waals surface area contributed by atoms with Gasteiger partial charge in [-0.05, 0) is 30.4 Å². The van der Waals surface area contributed by atoms with Crippen molar-refractivity contribution >= 4 is 23.2 Å². The Kier molecular flexibility index (Phi) is 3.09. The summed E-state index contributed by atoms with van der Waals surface area (Å²) in [6.07, 6.45) is 1.00. The second-order valence-corrected chi connectivity index (χ2v) is 4.81. The lowest BCUT2D eigenvalue weighted by Gasteiger charge is -2.13. The van der Waals surface area contributed by atoms with Crippen LogP contribution in [0, 0.1) is 6.92 Å². The van der Waals surface area contributed by atoms with E-state index in [-0.39, 0.29) is 0 Å². The third kappa shape index (κ3) is 2.33. The van der Waals surface area contributed by atoms with Gasteiger partial charge in [0, 0.05) is 18.5 Å². The Morgan fingerprint density at radius 1 is 1.56 bits per heavy atom. The number of aryl methyl sites for hydroxylation is 1. The molecule has 0 saturated carbocycles. The molecule has 0 aliphatic heterocycles. The van der Waals surface area contributed by atoms with Crippen molar-refractivity contribution in [3.63, 3.8) is 0 Å². The van der Waals surface area contributed by atoms with Crippen molar-refractivity contribution < 1.29 is 0 Å². The minimum Gasteiger partial charge on any atom is -0.368 e. The fourth-order valence-electron chi connectivity index (χ4n) is 1.49. The van der Waals surface area contributed by atoms with Crippen molar-refractivity contribution in [3.8, 4) is 0 Å². The number of rotatable bonds is 4. The van der Waals surface area contributed by atoms with Crippen LogP contribution in [0.2, 0.25) is 0 Å². The average Bonchev–Trinajstić information content (AvgIpc) is 2.84. The normalized spacial score (nSPS) is 10.6. The molecule has 6 heteroatoms. The Morgan fingerprint density at radius 3 is 2.94 bits per heavy atom. The van der Waals surface area contributed by atoms with Gasteiger partial charge in [-0.25, -0.2) is 5.10 Å². The van der Waals surface area contributed by atoms with Crippen molar-refractivity contribution in [1.29, 1.82) is 0 Å². The lowest BCUT2D eigenvalue weighted by molar-refractivity contribution is 0.840. The molecule has 0 aliphatic rings. The molecule has 2 heterocycles. The van der Waals surface area contributed by atoms with Crippen LogP contribution in [-0.4, -0.2) is 28.8 Å². The maximum Gasteiger partial charge on any atom is 0.246 e. The summed E-state index contributed by atoms with van der Waals surface area (Å²) in [4.78, 5) is 7.44. The summed E-state index contributed by atoms with van der Waals surface area (Å²) >= 11 is 1.78. The van der Waals surface area contributed by atoms with Crippen molar-refractivity contribution in [3.05, 3.63) is 21.9 Å². The van der Waals surface area contributed by atoms with E-state index in [1.165, 1.54) is 10.4 Å². The number of anilines is 2. The van der Waals surface area contributed by atoms with Gasteiger partial charge < -0.3 is 10.6 Å². The van der Waals surface area contributed by atoms with E-state index in [0.29, 0.717) is 11.9 Å². The van der Waals surface area contributed by atoms with Crippen molar-refractivity contribution in [2.75, 3.05) is 24.2 Å². The van der Waals surface area contributed by atoms with E-state index in [1.54, 1.807) is 11.3 Å². The van der Waals surface area contributed by atoms with Crippen LogP contribution >= 0.6 is 11.3 Å². The van der Waals surface area contributed by atoms with E-state index >= 15 is 0 Å².